The molecule has 0 saturated carbocycles. The Labute approximate surface area is 232 Å². The Bertz CT molecular complexity index is 1190. The van der Waals surface area contributed by atoms with Crippen LogP contribution in [0.3, 0.4) is 0 Å². The van der Waals surface area contributed by atoms with Crippen LogP contribution in [-0.2, 0) is 16.5 Å². The van der Waals surface area contributed by atoms with E-state index in [4.69, 9.17) is 0 Å². The number of hydrogen-bond acceptors (Lipinski definition) is 10. The molecule has 2 aromatic rings. The fourth-order valence-corrected chi connectivity index (χ4v) is 3.81. The van der Waals surface area contributed by atoms with Crippen LogP contribution in [0.2, 0.25) is 0 Å². The average Bonchev–Trinajstić information content (AvgIpc) is 2.91. The van der Waals surface area contributed by atoms with Crippen LogP contribution >= 0.6 is 0 Å². The molecule has 0 bridgehead atoms. The van der Waals surface area contributed by atoms with Crippen molar-refractivity contribution in [2.45, 2.75) is 12.8 Å². The molecule has 0 unspecified atom stereocenters. The van der Waals surface area contributed by atoms with Crippen molar-refractivity contribution in [2.24, 2.45) is 9.98 Å². The molecule has 1 aliphatic heterocycles. The number of para-hydroxylation sites is 2. The smallest absolute Gasteiger partial charge is 0.862 e. The van der Waals surface area contributed by atoms with Gasteiger partial charge in [0.2, 0.25) is 0 Å². The van der Waals surface area contributed by atoms with E-state index >= 15 is 0 Å². The van der Waals surface area contributed by atoms with E-state index < -0.39 is 33.5 Å². The summed E-state index contributed by atoms with van der Waals surface area (Å²) in [6.45, 7) is -0.652. The van der Waals surface area contributed by atoms with Gasteiger partial charge in [0.05, 0.1) is 22.9 Å². The molecule has 0 aliphatic carbocycles. The van der Waals surface area contributed by atoms with Crippen molar-refractivity contribution >= 4 is 35.0 Å². The van der Waals surface area contributed by atoms with Crippen LogP contribution in [0, 0.1) is 20.2 Å². The summed E-state index contributed by atoms with van der Waals surface area (Å²) in [5, 5.41) is 47.5. The Morgan fingerprint density at radius 2 is 1.03 bits per heavy atom. The van der Waals surface area contributed by atoms with E-state index in [0.717, 1.165) is 0 Å². The largest absolute Gasteiger partial charge is 2.00 e. The number of nitrogens with zero attached hydrogens (tertiary/aromatic N) is 6. The monoisotopic (exact) mass is 582 g/mol. The molecule has 0 atom stereocenters. The molecule has 1 heterocycles. The van der Waals surface area contributed by atoms with Gasteiger partial charge in [0.15, 0.2) is 0 Å². The maximum atomic E-state index is 13.0. The molecule has 208 valence electrons. The van der Waals surface area contributed by atoms with Crippen LogP contribution < -0.4 is 10.2 Å². The van der Waals surface area contributed by atoms with Crippen LogP contribution in [0.4, 0.5) is 11.4 Å². The molecule has 2 aromatic carbocycles. The second kappa shape index (κ2) is 14.5. The number of nitro groups is 2. The Kier molecular flexibility index (Phi) is 11.5. The van der Waals surface area contributed by atoms with E-state index in [2.05, 4.69) is 9.98 Å². The van der Waals surface area contributed by atoms with Crippen molar-refractivity contribution in [1.29, 1.82) is 0 Å². The Hall–Kier alpha value is -4.39. The van der Waals surface area contributed by atoms with Crippen molar-refractivity contribution in [3.63, 3.8) is 0 Å². The van der Waals surface area contributed by atoms with Gasteiger partial charge >= 0.3 is 16.5 Å². The minimum absolute atomic E-state index is 0. The van der Waals surface area contributed by atoms with Crippen molar-refractivity contribution in [3.8, 4) is 0 Å². The summed E-state index contributed by atoms with van der Waals surface area (Å²) in [5.74, 6) is -2.48. The second-order valence-electron chi connectivity index (χ2n) is 8.18. The number of carbonyl (C=O) groups is 2. The minimum atomic E-state index is -0.680. The first-order valence-electron chi connectivity index (χ1n) is 11.6. The molecular weight excluding hydrogens is 559 g/mol. The standard InChI is InChI=1S/C24H26N6O8.Ni/c31-21-9-13-27(23(33)17-5-1-3-7-19(17)29(35)36)15-11-25-22(32)10-14-28(16-12-26-21)24(34)18-6-2-4-8-20(18)30(37)38;/h1-8H,9-16H2,(H,25,32)(H,26,31);/q;+2/p-2. The molecule has 1 aliphatic rings. The predicted molar refractivity (Wildman–Crippen MR) is 132 cm³/mol. The normalized spacial score (nSPS) is 15.2. The Morgan fingerprint density at radius 3 is 1.38 bits per heavy atom. The molecule has 14 nitrogen and oxygen atoms in total. The molecule has 0 fully saturated rings. The number of hydrogen-bond donors (Lipinski definition) is 0. The maximum absolute atomic E-state index is 13.0. The molecule has 0 saturated heterocycles. The number of carbonyl (C=O) groups excluding carboxylic acids is 2. The third kappa shape index (κ3) is 8.30. The van der Waals surface area contributed by atoms with Crippen LogP contribution in [-0.4, -0.2) is 82.5 Å². The number of rotatable bonds is 4. The molecular formula is C24H24N6NiO8. The first-order valence-corrected chi connectivity index (χ1v) is 11.6. The van der Waals surface area contributed by atoms with E-state index in [9.17, 15) is 40.0 Å². The van der Waals surface area contributed by atoms with Gasteiger partial charge in [-0.15, -0.1) is 0 Å². The van der Waals surface area contributed by atoms with Crippen molar-refractivity contribution < 1.29 is 46.1 Å². The molecule has 0 N–H and O–H groups in total. The molecule has 15 heteroatoms. The van der Waals surface area contributed by atoms with Gasteiger partial charge in [-0.3, -0.25) is 29.8 Å². The first kappa shape index (κ1) is 30.8. The molecule has 0 radical (unpaired) electrons. The quantitative estimate of drug-likeness (QED) is 0.280. The van der Waals surface area contributed by atoms with Crippen molar-refractivity contribution in [1.82, 2.24) is 9.80 Å². The van der Waals surface area contributed by atoms with Crippen LogP contribution in [0.5, 0.6) is 0 Å². The molecule has 3 rings (SSSR count). The fourth-order valence-electron chi connectivity index (χ4n) is 3.81. The summed E-state index contributed by atoms with van der Waals surface area (Å²) >= 11 is 0. The Morgan fingerprint density at radius 1 is 0.667 bits per heavy atom. The van der Waals surface area contributed by atoms with Gasteiger partial charge in [0, 0.05) is 38.3 Å². The zero-order valence-electron chi connectivity index (χ0n) is 20.5. The third-order valence-electron chi connectivity index (χ3n) is 5.74. The summed E-state index contributed by atoms with van der Waals surface area (Å²) in [5.41, 5.74) is -1.08. The third-order valence-corrected chi connectivity index (χ3v) is 5.74. The topological polar surface area (TPSA) is 198 Å². The Balaban J connectivity index is 0.00000533. The number of aliphatic imine (C=N–C) groups is 2. The van der Waals surface area contributed by atoms with E-state index in [0.29, 0.717) is 0 Å². The number of benzene rings is 2. The van der Waals surface area contributed by atoms with Gasteiger partial charge in [-0.1, -0.05) is 24.3 Å². The van der Waals surface area contributed by atoms with Crippen molar-refractivity contribution in [3.05, 3.63) is 79.9 Å². The van der Waals surface area contributed by atoms with E-state index in [-0.39, 0.29) is 91.1 Å². The summed E-state index contributed by atoms with van der Waals surface area (Å²) in [7, 11) is 0. The predicted octanol–water partition coefficient (Wildman–Crippen LogP) is 0.396. The number of nitro benzene ring substituents is 2. The summed E-state index contributed by atoms with van der Waals surface area (Å²) in [6.07, 6.45) is -0.392. The van der Waals surface area contributed by atoms with Gasteiger partial charge in [0.1, 0.15) is 11.1 Å². The molecule has 2 amide bonds. The molecule has 39 heavy (non-hydrogen) atoms. The molecule has 0 aromatic heterocycles. The summed E-state index contributed by atoms with van der Waals surface area (Å²) < 4.78 is 0. The van der Waals surface area contributed by atoms with Gasteiger partial charge in [-0.2, -0.15) is 0 Å². The maximum Gasteiger partial charge on any atom is 2.00 e. The van der Waals surface area contributed by atoms with Crippen LogP contribution in [0.15, 0.2) is 58.5 Å². The zero-order chi connectivity index (χ0) is 27.7. The SMILES string of the molecule is O=C(c1ccccc1[N+](=O)[O-])N1CCN=C([O-])CCN(C(=O)c2ccccc2[N+](=O)[O-])CCN=C([O-])CC1.[Ni+2]. The van der Waals surface area contributed by atoms with E-state index in [1.807, 2.05) is 0 Å². The van der Waals surface area contributed by atoms with Crippen molar-refractivity contribution in [2.75, 3.05) is 39.3 Å². The average molecular weight is 583 g/mol. The molecule has 0 spiro atoms. The minimum Gasteiger partial charge on any atom is -0.862 e. The fraction of sp³-hybridized carbons (Fsp3) is 0.333. The van der Waals surface area contributed by atoms with Gasteiger partial charge in [0.25, 0.3) is 23.2 Å². The second-order valence-corrected chi connectivity index (χ2v) is 8.18. The van der Waals surface area contributed by atoms with Gasteiger partial charge in [-0.25, -0.2) is 0 Å². The number of amides is 2. The zero-order valence-corrected chi connectivity index (χ0v) is 21.5. The first-order chi connectivity index (χ1) is 18.2. The van der Waals surface area contributed by atoms with Crippen LogP contribution in [0.1, 0.15) is 33.6 Å². The van der Waals surface area contributed by atoms with E-state index in [1.54, 1.807) is 0 Å². The van der Waals surface area contributed by atoms with Crippen LogP contribution in [0.25, 0.3) is 0 Å². The van der Waals surface area contributed by atoms with Gasteiger partial charge < -0.3 is 30.0 Å². The van der Waals surface area contributed by atoms with Gasteiger partial charge in [-0.05, 0) is 36.8 Å². The summed E-state index contributed by atoms with van der Waals surface area (Å²) in [4.78, 5) is 57.6. The summed E-state index contributed by atoms with van der Waals surface area (Å²) in [6, 6.07) is 10.8. The van der Waals surface area contributed by atoms with E-state index in [1.165, 1.54) is 58.3 Å².